The van der Waals surface area contributed by atoms with E-state index in [1.54, 1.807) is 6.20 Å². The number of carbonyl (C=O) groups is 1. The number of hydrogen-bond acceptors (Lipinski definition) is 2. The third-order valence-corrected chi connectivity index (χ3v) is 3.25. The largest absolute Gasteiger partial charge is 0.481 e. The van der Waals surface area contributed by atoms with E-state index in [9.17, 15) is 4.79 Å². The third kappa shape index (κ3) is 2.84. The van der Waals surface area contributed by atoms with Crippen LogP contribution < -0.4 is 0 Å². The minimum Gasteiger partial charge on any atom is -0.481 e. The van der Waals surface area contributed by atoms with Crippen LogP contribution in [-0.4, -0.2) is 20.6 Å². The van der Waals surface area contributed by atoms with Crippen molar-refractivity contribution in [2.45, 2.75) is 26.2 Å². The molecule has 0 bridgehead atoms. The van der Waals surface area contributed by atoms with E-state index in [-0.39, 0.29) is 6.42 Å². The molecule has 0 amide bonds. The number of aliphatic carboxylic acids is 1. The van der Waals surface area contributed by atoms with Gasteiger partial charge in [0, 0.05) is 24.5 Å². The zero-order chi connectivity index (χ0) is 14.0. The molecule has 100 valence electrons. The average Bonchev–Trinajstić information content (AvgIpc) is 2.70. The number of carboxylic acid groups (broad SMARTS) is 1. The molecule has 0 saturated carbocycles. The van der Waals surface area contributed by atoms with Gasteiger partial charge in [-0.25, -0.2) is 4.98 Å². The molecule has 4 heteroatoms. The van der Waals surface area contributed by atoms with Gasteiger partial charge in [0.1, 0.15) is 5.82 Å². The van der Waals surface area contributed by atoms with Crippen LogP contribution in [0.4, 0.5) is 0 Å². The van der Waals surface area contributed by atoms with Gasteiger partial charge in [-0.3, -0.25) is 4.79 Å². The van der Waals surface area contributed by atoms with Crippen LogP contribution >= 0.6 is 0 Å². The maximum absolute atomic E-state index is 10.7. The van der Waals surface area contributed by atoms with Gasteiger partial charge in [0.2, 0.25) is 0 Å². The number of imidazole rings is 1. The highest BCUT2D eigenvalue weighted by Crippen LogP contribution is 2.22. The van der Waals surface area contributed by atoms with Crippen molar-refractivity contribution in [1.82, 2.24) is 9.55 Å². The van der Waals surface area contributed by atoms with Crippen molar-refractivity contribution in [3.8, 4) is 11.4 Å². The monoisotopic (exact) mass is 258 g/mol. The predicted molar refractivity (Wildman–Crippen MR) is 74.1 cm³/mol. The Kier molecular flexibility index (Phi) is 3.69. The fourth-order valence-corrected chi connectivity index (χ4v) is 2.05. The Balaban J connectivity index is 2.31. The maximum Gasteiger partial charge on any atom is 0.309 e. The second-order valence-corrected chi connectivity index (χ2v) is 4.98. The summed E-state index contributed by atoms with van der Waals surface area (Å²) >= 11 is 0. The summed E-state index contributed by atoms with van der Waals surface area (Å²) in [7, 11) is 1.84. The van der Waals surface area contributed by atoms with Gasteiger partial charge in [0.05, 0.1) is 6.42 Å². The molecule has 0 aliphatic heterocycles. The first-order valence-corrected chi connectivity index (χ1v) is 6.31. The summed E-state index contributed by atoms with van der Waals surface area (Å²) in [5.41, 5.74) is 2.99. The average molecular weight is 258 g/mol. The molecule has 0 aliphatic rings. The van der Waals surface area contributed by atoms with E-state index in [1.807, 2.05) is 23.7 Å². The molecule has 2 aromatic rings. The topological polar surface area (TPSA) is 55.1 Å². The van der Waals surface area contributed by atoms with Gasteiger partial charge in [0.15, 0.2) is 0 Å². The zero-order valence-electron chi connectivity index (χ0n) is 11.4. The molecule has 4 nitrogen and oxygen atoms in total. The summed E-state index contributed by atoms with van der Waals surface area (Å²) in [5.74, 6) is 0.453. The molecule has 1 aromatic heterocycles. The number of benzene rings is 1. The summed E-state index contributed by atoms with van der Waals surface area (Å²) in [6.07, 6.45) is 1.62. The molecule has 0 fully saturated rings. The molecular weight excluding hydrogens is 240 g/mol. The molecule has 1 N–H and O–H groups in total. The lowest BCUT2D eigenvalue weighted by molar-refractivity contribution is -0.136. The normalized spacial score (nSPS) is 10.9. The Morgan fingerprint density at radius 2 is 1.95 bits per heavy atom. The Hall–Kier alpha value is -2.10. The van der Waals surface area contributed by atoms with E-state index < -0.39 is 5.97 Å². The van der Waals surface area contributed by atoms with Crippen LogP contribution in [0.1, 0.15) is 31.0 Å². The van der Waals surface area contributed by atoms with Gasteiger partial charge >= 0.3 is 5.97 Å². The highest BCUT2D eigenvalue weighted by atomic mass is 16.4. The maximum atomic E-state index is 10.7. The lowest BCUT2D eigenvalue weighted by Crippen LogP contribution is -2.05. The van der Waals surface area contributed by atoms with Gasteiger partial charge in [-0.2, -0.15) is 0 Å². The van der Waals surface area contributed by atoms with Crippen LogP contribution in [0.3, 0.4) is 0 Å². The smallest absolute Gasteiger partial charge is 0.309 e. The highest BCUT2D eigenvalue weighted by Gasteiger charge is 2.11. The molecule has 0 unspecified atom stereocenters. The molecule has 0 saturated heterocycles. The van der Waals surface area contributed by atoms with E-state index in [1.165, 1.54) is 5.56 Å². The number of aromatic nitrogens is 2. The number of hydrogen-bond donors (Lipinski definition) is 1. The van der Waals surface area contributed by atoms with Crippen LogP contribution in [0, 0.1) is 0 Å². The quantitative estimate of drug-likeness (QED) is 0.917. The van der Waals surface area contributed by atoms with Crippen molar-refractivity contribution in [3.63, 3.8) is 0 Å². The number of rotatable bonds is 4. The van der Waals surface area contributed by atoms with Crippen LogP contribution in [0.5, 0.6) is 0 Å². The van der Waals surface area contributed by atoms with Crippen molar-refractivity contribution in [1.29, 1.82) is 0 Å². The second kappa shape index (κ2) is 5.26. The molecule has 0 aliphatic carbocycles. The summed E-state index contributed by atoms with van der Waals surface area (Å²) in [6, 6.07) is 8.24. The van der Waals surface area contributed by atoms with E-state index in [4.69, 9.17) is 5.11 Å². The minimum atomic E-state index is -0.843. The van der Waals surface area contributed by atoms with E-state index in [2.05, 4.69) is 31.0 Å². The van der Waals surface area contributed by atoms with Crippen molar-refractivity contribution in [3.05, 3.63) is 41.7 Å². The molecule has 0 spiro atoms. The fourth-order valence-electron chi connectivity index (χ4n) is 2.05. The first-order chi connectivity index (χ1) is 8.99. The third-order valence-electron chi connectivity index (χ3n) is 3.25. The zero-order valence-corrected chi connectivity index (χ0v) is 11.4. The molecule has 0 atom stereocenters. The standard InChI is InChI=1S/C15H18N2O2/c1-10(2)11-4-6-12(7-5-11)15-16-9-13(17(15)3)8-14(18)19/h4-7,9-10H,8H2,1-3H3,(H,18,19). The number of carboxylic acids is 1. The van der Waals surface area contributed by atoms with E-state index in [0.29, 0.717) is 11.6 Å². The second-order valence-electron chi connectivity index (χ2n) is 4.98. The summed E-state index contributed by atoms with van der Waals surface area (Å²) in [6.45, 7) is 4.31. The van der Waals surface area contributed by atoms with Crippen molar-refractivity contribution < 1.29 is 9.90 Å². The van der Waals surface area contributed by atoms with Gasteiger partial charge in [-0.15, -0.1) is 0 Å². The lowest BCUT2D eigenvalue weighted by atomic mass is 10.0. The Morgan fingerprint density at radius 3 is 2.47 bits per heavy atom. The lowest BCUT2D eigenvalue weighted by Gasteiger charge is -2.08. The number of nitrogens with zero attached hydrogens (tertiary/aromatic N) is 2. The van der Waals surface area contributed by atoms with Crippen LogP contribution in [0.25, 0.3) is 11.4 Å². The molecule has 2 rings (SSSR count). The fraction of sp³-hybridized carbons (Fsp3) is 0.333. The van der Waals surface area contributed by atoms with Gasteiger partial charge in [-0.05, 0) is 11.5 Å². The highest BCUT2D eigenvalue weighted by molar-refractivity contribution is 5.70. The molecule has 0 radical (unpaired) electrons. The van der Waals surface area contributed by atoms with E-state index >= 15 is 0 Å². The molecule has 1 heterocycles. The van der Waals surface area contributed by atoms with Gasteiger partial charge in [-0.1, -0.05) is 38.1 Å². The summed E-state index contributed by atoms with van der Waals surface area (Å²) < 4.78 is 1.83. The van der Waals surface area contributed by atoms with Crippen LogP contribution in [0.2, 0.25) is 0 Å². The van der Waals surface area contributed by atoms with Gasteiger partial charge < -0.3 is 9.67 Å². The first-order valence-electron chi connectivity index (χ1n) is 6.31. The predicted octanol–water partition coefficient (Wildman–Crippen LogP) is 2.84. The minimum absolute atomic E-state index is 0.00637. The van der Waals surface area contributed by atoms with Gasteiger partial charge in [0.25, 0.3) is 0 Å². The van der Waals surface area contributed by atoms with Crippen molar-refractivity contribution >= 4 is 5.97 Å². The Morgan fingerprint density at radius 1 is 1.32 bits per heavy atom. The first kappa shape index (κ1) is 13.3. The Labute approximate surface area is 112 Å². The van der Waals surface area contributed by atoms with E-state index in [0.717, 1.165) is 11.4 Å². The molecular formula is C15H18N2O2. The Bertz CT molecular complexity index is 583. The summed E-state index contributed by atoms with van der Waals surface area (Å²) in [4.78, 5) is 15.1. The van der Waals surface area contributed by atoms with Crippen LogP contribution in [0.15, 0.2) is 30.5 Å². The molecule has 19 heavy (non-hydrogen) atoms. The van der Waals surface area contributed by atoms with Crippen molar-refractivity contribution in [2.24, 2.45) is 7.05 Å². The molecule has 1 aromatic carbocycles. The van der Waals surface area contributed by atoms with Crippen LogP contribution in [-0.2, 0) is 18.3 Å². The summed E-state index contributed by atoms with van der Waals surface area (Å²) in [5, 5.41) is 8.83. The SMILES string of the molecule is CC(C)c1ccc(-c2ncc(CC(=O)O)n2C)cc1. The van der Waals surface area contributed by atoms with Crippen molar-refractivity contribution in [2.75, 3.05) is 0 Å².